The van der Waals surface area contributed by atoms with Crippen LogP contribution in [0.3, 0.4) is 0 Å². The average Bonchev–Trinajstić information content (AvgIpc) is 3.13. The minimum absolute atomic E-state index is 0. The molecule has 2 saturated heterocycles. The molecule has 2 aromatic rings. The Kier molecular flexibility index (Phi) is 10.7. The molecule has 1 saturated carbocycles. The van der Waals surface area contributed by atoms with Gasteiger partial charge >= 0.3 is 0 Å². The standard InChI is InChI=1S/C28H35ClN4O2.2ClH/c29-24-8-6-22(7-9-24)25(31-26(34)23-4-1-5-23)10-15-32-16-11-28(12-17-32)13-18-33(27(28)35)20-21-3-2-14-30-19-21;;/h2-3,6-9,14,19,23,25H,1,4-5,10-13,15-18,20H2,(H,31,34);2*1H. The van der Waals surface area contributed by atoms with Gasteiger partial charge in [0, 0.05) is 43.0 Å². The van der Waals surface area contributed by atoms with Crippen molar-refractivity contribution in [1.82, 2.24) is 20.1 Å². The Hall–Kier alpha value is -1.86. The first kappa shape index (κ1) is 29.7. The molecule has 2 aliphatic heterocycles. The molecular formula is C28H37Cl3N4O2. The van der Waals surface area contributed by atoms with Crippen molar-refractivity contribution in [3.63, 3.8) is 0 Å². The van der Waals surface area contributed by atoms with Gasteiger partial charge in [0.2, 0.25) is 11.8 Å². The van der Waals surface area contributed by atoms with Crippen LogP contribution in [0.15, 0.2) is 48.8 Å². The Morgan fingerprint density at radius 2 is 1.78 bits per heavy atom. The summed E-state index contributed by atoms with van der Waals surface area (Å²) in [6.07, 6.45) is 10.4. The van der Waals surface area contributed by atoms with Gasteiger partial charge < -0.3 is 15.1 Å². The second kappa shape index (κ2) is 13.3. The number of nitrogens with one attached hydrogen (secondary N) is 1. The molecule has 1 aromatic carbocycles. The van der Waals surface area contributed by atoms with Crippen LogP contribution in [0.2, 0.25) is 5.02 Å². The Labute approximate surface area is 237 Å². The van der Waals surface area contributed by atoms with Gasteiger partial charge in [-0.2, -0.15) is 0 Å². The first-order valence-corrected chi connectivity index (χ1v) is 13.4. The summed E-state index contributed by atoms with van der Waals surface area (Å²) >= 11 is 6.10. The quantitative estimate of drug-likeness (QED) is 0.461. The fourth-order valence-electron chi connectivity index (χ4n) is 5.71. The lowest BCUT2D eigenvalue weighted by Gasteiger charge is -2.38. The fraction of sp³-hybridized carbons (Fsp3) is 0.536. The highest BCUT2D eigenvalue weighted by atomic mass is 35.5. The number of carbonyl (C=O) groups is 2. The zero-order valence-corrected chi connectivity index (χ0v) is 23.5. The molecule has 1 N–H and O–H groups in total. The van der Waals surface area contributed by atoms with E-state index in [0.29, 0.717) is 17.5 Å². The second-order valence-electron chi connectivity index (χ2n) is 10.5. The van der Waals surface area contributed by atoms with Crippen LogP contribution in [0.4, 0.5) is 0 Å². The highest BCUT2D eigenvalue weighted by molar-refractivity contribution is 6.30. The van der Waals surface area contributed by atoms with Crippen molar-refractivity contribution in [1.29, 1.82) is 0 Å². The number of carbonyl (C=O) groups excluding carboxylic acids is 2. The third kappa shape index (κ3) is 6.97. The lowest BCUT2D eigenvalue weighted by molar-refractivity contribution is -0.139. The highest BCUT2D eigenvalue weighted by Crippen LogP contribution is 2.42. The molecular weight excluding hydrogens is 531 g/mol. The monoisotopic (exact) mass is 566 g/mol. The molecule has 0 radical (unpaired) electrons. The molecule has 1 unspecified atom stereocenters. The summed E-state index contributed by atoms with van der Waals surface area (Å²) in [4.78, 5) is 34.7. The molecule has 2 amide bonds. The molecule has 6 nitrogen and oxygen atoms in total. The lowest BCUT2D eigenvalue weighted by atomic mass is 9.77. The molecule has 37 heavy (non-hydrogen) atoms. The third-order valence-electron chi connectivity index (χ3n) is 8.31. The van der Waals surface area contributed by atoms with Gasteiger partial charge in [0.1, 0.15) is 0 Å². The van der Waals surface area contributed by atoms with Gasteiger partial charge in [-0.1, -0.05) is 36.2 Å². The van der Waals surface area contributed by atoms with Crippen molar-refractivity contribution in [2.24, 2.45) is 11.3 Å². The highest BCUT2D eigenvalue weighted by Gasteiger charge is 2.47. The molecule has 3 aliphatic rings. The largest absolute Gasteiger partial charge is 0.349 e. The predicted octanol–water partition coefficient (Wildman–Crippen LogP) is 5.44. The Morgan fingerprint density at radius 1 is 1.08 bits per heavy atom. The number of pyridine rings is 1. The van der Waals surface area contributed by atoms with Gasteiger partial charge in [-0.05, 0) is 80.9 Å². The molecule has 1 atom stereocenters. The number of amides is 2. The minimum Gasteiger partial charge on any atom is -0.349 e. The Morgan fingerprint density at radius 3 is 2.41 bits per heavy atom. The molecule has 0 bridgehead atoms. The summed E-state index contributed by atoms with van der Waals surface area (Å²) in [6, 6.07) is 11.8. The summed E-state index contributed by atoms with van der Waals surface area (Å²) in [6.45, 7) is 4.25. The van der Waals surface area contributed by atoms with Gasteiger partial charge in [0.25, 0.3) is 0 Å². The van der Waals surface area contributed by atoms with Crippen LogP contribution < -0.4 is 5.32 Å². The summed E-state index contributed by atoms with van der Waals surface area (Å²) in [5.74, 6) is 0.662. The van der Waals surface area contributed by atoms with Crippen molar-refractivity contribution in [3.8, 4) is 0 Å². The first-order valence-electron chi connectivity index (χ1n) is 13.0. The number of nitrogens with zero attached hydrogens (tertiary/aromatic N) is 3. The van der Waals surface area contributed by atoms with E-state index in [2.05, 4.69) is 15.2 Å². The van der Waals surface area contributed by atoms with Crippen molar-refractivity contribution in [2.75, 3.05) is 26.2 Å². The smallest absolute Gasteiger partial charge is 0.229 e. The molecule has 1 aromatic heterocycles. The summed E-state index contributed by atoms with van der Waals surface area (Å²) in [5, 5.41) is 4.01. The van der Waals surface area contributed by atoms with E-state index in [1.54, 1.807) is 6.20 Å². The van der Waals surface area contributed by atoms with Crippen molar-refractivity contribution < 1.29 is 9.59 Å². The maximum absolute atomic E-state index is 13.3. The number of hydrogen-bond acceptors (Lipinski definition) is 4. The zero-order chi connectivity index (χ0) is 24.3. The molecule has 9 heteroatoms. The molecule has 3 heterocycles. The second-order valence-corrected chi connectivity index (χ2v) is 10.9. The van der Waals surface area contributed by atoms with E-state index in [9.17, 15) is 9.59 Å². The van der Waals surface area contributed by atoms with Crippen LogP contribution in [0, 0.1) is 11.3 Å². The van der Waals surface area contributed by atoms with Gasteiger partial charge in [0.15, 0.2) is 0 Å². The lowest BCUT2D eigenvalue weighted by Crippen LogP contribution is -2.45. The number of aromatic nitrogens is 1. The van der Waals surface area contributed by atoms with Crippen LogP contribution in [0.1, 0.15) is 62.1 Å². The number of likely N-dealkylation sites (tertiary alicyclic amines) is 2. The van der Waals surface area contributed by atoms with Gasteiger partial charge in [-0.25, -0.2) is 0 Å². The molecule has 202 valence electrons. The molecule has 3 fully saturated rings. The Bertz CT molecular complexity index is 1030. The number of rotatable bonds is 8. The topological polar surface area (TPSA) is 65.5 Å². The number of hydrogen-bond donors (Lipinski definition) is 1. The van der Waals surface area contributed by atoms with Crippen LogP contribution in [-0.2, 0) is 16.1 Å². The van der Waals surface area contributed by atoms with E-state index >= 15 is 0 Å². The summed E-state index contributed by atoms with van der Waals surface area (Å²) < 4.78 is 0. The number of benzene rings is 1. The minimum atomic E-state index is -0.202. The average molecular weight is 568 g/mol. The van der Waals surface area contributed by atoms with Gasteiger partial charge in [-0.3, -0.25) is 14.6 Å². The van der Waals surface area contributed by atoms with E-state index in [1.165, 1.54) is 0 Å². The number of halogens is 3. The maximum atomic E-state index is 13.3. The van der Waals surface area contributed by atoms with Crippen LogP contribution >= 0.6 is 36.4 Å². The molecule has 1 aliphatic carbocycles. The predicted molar refractivity (Wildman–Crippen MR) is 151 cm³/mol. The molecule has 1 spiro atoms. The van der Waals surface area contributed by atoms with Crippen molar-refractivity contribution in [3.05, 3.63) is 64.9 Å². The first-order chi connectivity index (χ1) is 17.0. The number of piperidine rings is 1. The summed E-state index contributed by atoms with van der Waals surface area (Å²) in [5.41, 5.74) is 1.99. The fourth-order valence-corrected chi connectivity index (χ4v) is 5.84. The van der Waals surface area contributed by atoms with E-state index in [4.69, 9.17) is 11.6 Å². The zero-order valence-electron chi connectivity index (χ0n) is 21.1. The van der Waals surface area contributed by atoms with Crippen molar-refractivity contribution >= 4 is 48.2 Å². The Balaban J connectivity index is 0.00000190. The normalized spacial score (nSPS) is 20.0. The van der Waals surface area contributed by atoms with E-state index < -0.39 is 0 Å². The van der Waals surface area contributed by atoms with Crippen molar-refractivity contribution in [2.45, 2.75) is 57.5 Å². The maximum Gasteiger partial charge on any atom is 0.229 e. The van der Waals surface area contributed by atoms with Crippen LogP contribution in [0.25, 0.3) is 0 Å². The van der Waals surface area contributed by atoms with Crippen LogP contribution in [0.5, 0.6) is 0 Å². The third-order valence-corrected chi connectivity index (χ3v) is 8.56. The van der Waals surface area contributed by atoms with Gasteiger partial charge in [0.05, 0.1) is 11.5 Å². The van der Waals surface area contributed by atoms with E-state index in [-0.39, 0.29) is 48.1 Å². The summed E-state index contributed by atoms with van der Waals surface area (Å²) in [7, 11) is 0. The SMILES string of the molecule is Cl.Cl.O=C(NC(CCN1CCC2(CC1)CCN(Cc1cccnc1)C2=O)c1ccc(Cl)cc1)C1CCC1. The van der Waals surface area contributed by atoms with Crippen LogP contribution in [-0.4, -0.2) is 52.8 Å². The van der Waals surface area contributed by atoms with Gasteiger partial charge in [-0.15, -0.1) is 24.8 Å². The van der Waals surface area contributed by atoms with E-state index in [0.717, 1.165) is 82.3 Å². The van der Waals surface area contributed by atoms with E-state index in [1.807, 2.05) is 47.5 Å². The molecule has 5 rings (SSSR count).